The van der Waals surface area contributed by atoms with Crippen LogP contribution in [0.5, 0.6) is 0 Å². The fourth-order valence-corrected chi connectivity index (χ4v) is 0.784. The Morgan fingerprint density at radius 1 is 1.75 bits per heavy atom. The van der Waals surface area contributed by atoms with Crippen LogP contribution in [0.4, 0.5) is 5.95 Å². The van der Waals surface area contributed by atoms with E-state index in [4.69, 9.17) is 5.73 Å². The van der Waals surface area contributed by atoms with E-state index < -0.39 is 5.56 Å². The third-order valence-electron chi connectivity index (χ3n) is 1.25. The average molecular weight is 166 g/mol. The van der Waals surface area contributed by atoms with E-state index in [2.05, 4.69) is 10.1 Å². The summed E-state index contributed by atoms with van der Waals surface area (Å²) < 4.78 is 1.04. The van der Waals surface area contributed by atoms with Crippen LogP contribution in [-0.2, 0) is 4.79 Å². The number of carbonyl (C=O) groups excluding carboxylic acids is 1. The molecule has 1 aromatic rings. The third kappa shape index (κ3) is 1.38. The highest BCUT2D eigenvalue weighted by Gasteiger charge is 2.00. The van der Waals surface area contributed by atoms with Gasteiger partial charge in [0.1, 0.15) is 0 Å². The van der Waals surface area contributed by atoms with Crippen LogP contribution in [0.3, 0.4) is 0 Å². The topological polar surface area (TPSA) is 90.3 Å². The summed E-state index contributed by atoms with van der Waals surface area (Å²) in [6.45, 7) is 1.58. The molecule has 6 nitrogen and oxygen atoms in total. The summed E-state index contributed by atoms with van der Waals surface area (Å²) in [5.41, 5.74) is 5.27. The van der Waals surface area contributed by atoms with Gasteiger partial charge in [0.25, 0.3) is 11.6 Å². The highest BCUT2D eigenvalue weighted by Crippen LogP contribution is 1.98. The van der Waals surface area contributed by atoms with Gasteiger partial charge in [-0.2, -0.15) is 9.66 Å². The van der Waals surface area contributed by atoms with Gasteiger partial charge < -0.3 is 5.73 Å². The van der Waals surface area contributed by atoms with E-state index in [9.17, 15) is 9.59 Å². The van der Waals surface area contributed by atoms with Gasteiger partial charge in [0.05, 0.1) is 0 Å². The van der Waals surface area contributed by atoms with E-state index in [1.54, 1.807) is 6.92 Å². The normalized spacial score (nSPS) is 9.08. The van der Waals surface area contributed by atoms with Crippen LogP contribution >= 0.6 is 0 Å². The highest BCUT2D eigenvalue weighted by atomic mass is 16.1. The number of aryl methyl sites for hydroxylation is 1. The van der Waals surface area contributed by atoms with E-state index in [1.165, 1.54) is 12.1 Å². The first-order valence-corrected chi connectivity index (χ1v) is 3.09. The molecule has 1 rings (SSSR count). The number of hydrogen-bond donors (Lipinski definition) is 1. The quantitative estimate of drug-likeness (QED) is 0.438. The zero-order valence-corrected chi connectivity index (χ0v) is 6.31. The second-order valence-electron chi connectivity index (χ2n) is 2.10. The SMILES string of the molecule is Cc1cc(=O)nc(N)n1N=C=O. The van der Waals surface area contributed by atoms with Crippen molar-refractivity contribution in [2.75, 3.05) is 5.73 Å². The summed E-state index contributed by atoms with van der Waals surface area (Å²) in [7, 11) is 0. The molecular formula is C6H6N4O2. The molecule has 0 aliphatic heterocycles. The van der Waals surface area contributed by atoms with Gasteiger partial charge >= 0.3 is 0 Å². The van der Waals surface area contributed by atoms with Crippen LogP contribution in [0.25, 0.3) is 0 Å². The monoisotopic (exact) mass is 166 g/mol. The first kappa shape index (κ1) is 8.16. The predicted molar refractivity (Wildman–Crippen MR) is 41.2 cm³/mol. The predicted octanol–water partition coefficient (Wildman–Crippen LogP) is -0.767. The van der Waals surface area contributed by atoms with E-state index in [-0.39, 0.29) is 5.95 Å². The number of rotatable bonds is 1. The Morgan fingerprint density at radius 3 is 2.92 bits per heavy atom. The summed E-state index contributed by atoms with van der Waals surface area (Å²) in [6.07, 6.45) is 1.30. The van der Waals surface area contributed by atoms with Crippen molar-refractivity contribution in [1.82, 2.24) is 9.66 Å². The molecule has 1 heterocycles. The van der Waals surface area contributed by atoms with Gasteiger partial charge in [0.15, 0.2) is 0 Å². The number of nitrogens with zero attached hydrogens (tertiary/aromatic N) is 3. The Bertz CT molecular complexity index is 376. The molecule has 6 heteroatoms. The summed E-state index contributed by atoms with van der Waals surface area (Å²) in [4.78, 5) is 24.0. The summed E-state index contributed by atoms with van der Waals surface area (Å²) in [5.74, 6) is -0.122. The molecule has 0 bridgehead atoms. The molecule has 12 heavy (non-hydrogen) atoms. The first-order chi connectivity index (χ1) is 5.65. The van der Waals surface area contributed by atoms with Crippen molar-refractivity contribution in [3.05, 3.63) is 22.1 Å². The molecule has 0 atom stereocenters. The van der Waals surface area contributed by atoms with Crippen molar-refractivity contribution in [2.45, 2.75) is 6.92 Å². The van der Waals surface area contributed by atoms with Gasteiger partial charge in [-0.1, -0.05) is 5.10 Å². The fourth-order valence-electron chi connectivity index (χ4n) is 0.784. The number of aromatic nitrogens is 2. The summed E-state index contributed by atoms with van der Waals surface area (Å²) in [6, 6.07) is 1.22. The number of nitrogen functional groups attached to an aromatic ring is 1. The Kier molecular flexibility index (Phi) is 2.02. The number of hydrogen-bond acceptors (Lipinski definition) is 5. The zero-order valence-electron chi connectivity index (χ0n) is 6.31. The maximum Gasteiger partial charge on any atom is 0.274 e. The lowest BCUT2D eigenvalue weighted by atomic mass is 10.4. The molecule has 0 amide bonds. The Hall–Kier alpha value is -1.94. The molecular weight excluding hydrogens is 160 g/mol. The molecule has 0 spiro atoms. The molecule has 0 saturated carbocycles. The molecule has 0 unspecified atom stereocenters. The van der Waals surface area contributed by atoms with E-state index >= 15 is 0 Å². The molecule has 0 fully saturated rings. The third-order valence-corrected chi connectivity index (χ3v) is 1.25. The standard InChI is InChI=1S/C6H6N4O2/c1-4-2-5(12)9-6(7)10(4)8-3-11/h2H,1H3,(H2,7,9,12). The second kappa shape index (κ2) is 2.98. The van der Waals surface area contributed by atoms with Gasteiger partial charge in [0, 0.05) is 11.8 Å². The van der Waals surface area contributed by atoms with Crippen molar-refractivity contribution in [3.8, 4) is 0 Å². The molecule has 2 N–H and O–H groups in total. The Morgan fingerprint density at radius 2 is 2.42 bits per heavy atom. The van der Waals surface area contributed by atoms with E-state index in [1.807, 2.05) is 0 Å². The maximum absolute atomic E-state index is 10.7. The Labute approximate surface area is 67.3 Å². The second-order valence-corrected chi connectivity index (χ2v) is 2.10. The van der Waals surface area contributed by atoms with Crippen molar-refractivity contribution < 1.29 is 4.79 Å². The molecule has 0 radical (unpaired) electrons. The lowest BCUT2D eigenvalue weighted by Crippen LogP contribution is -2.15. The van der Waals surface area contributed by atoms with Gasteiger partial charge in [-0.15, -0.1) is 0 Å². The number of anilines is 1. The minimum absolute atomic E-state index is 0.122. The summed E-state index contributed by atoms with van der Waals surface area (Å²) >= 11 is 0. The van der Waals surface area contributed by atoms with Crippen molar-refractivity contribution in [3.63, 3.8) is 0 Å². The minimum atomic E-state index is -0.456. The zero-order chi connectivity index (χ0) is 9.14. The first-order valence-electron chi connectivity index (χ1n) is 3.09. The molecule has 0 saturated heterocycles. The lowest BCUT2D eigenvalue weighted by molar-refractivity contribution is 0.559. The molecule has 0 aliphatic rings. The van der Waals surface area contributed by atoms with Crippen LogP contribution in [0.1, 0.15) is 5.69 Å². The lowest BCUT2D eigenvalue weighted by Gasteiger charge is -2.02. The summed E-state index contributed by atoms with van der Waals surface area (Å²) in [5, 5.41) is 3.23. The largest absolute Gasteiger partial charge is 0.368 e. The fraction of sp³-hybridized carbons (Fsp3) is 0.167. The number of nitrogens with two attached hydrogens (primary N) is 1. The van der Waals surface area contributed by atoms with Crippen LogP contribution in [0.15, 0.2) is 16.0 Å². The van der Waals surface area contributed by atoms with Crippen LogP contribution in [0, 0.1) is 6.92 Å². The molecule has 1 aromatic heterocycles. The highest BCUT2D eigenvalue weighted by molar-refractivity contribution is 5.35. The molecule has 0 aromatic carbocycles. The van der Waals surface area contributed by atoms with E-state index in [0.29, 0.717) is 5.69 Å². The Balaban J connectivity index is 3.47. The van der Waals surface area contributed by atoms with Crippen molar-refractivity contribution in [2.24, 2.45) is 5.10 Å². The van der Waals surface area contributed by atoms with Gasteiger partial charge in [0.2, 0.25) is 5.95 Å². The number of isocyanates is 1. The van der Waals surface area contributed by atoms with Crippen LogP contribution in [-0.4, -0.2) is 15.7 Å². The van der Waals surface area contributed by atoms with Gasteiger partial charge in [-0.05, 0) is 6.92 Å². The minimum Gasteiger partial charge on any atom is -0.368 e. The van der Waals surface area contributed by atoms with Crippen molar-refractivity contribution in [1.29, 1.82) is 0 Å². The average Bonchev–Trinajstić information content (AvgIpc) is 1.96. The van der Waals surface area contributed by atoms with Gasteiger partial charge in [-0.25, -0.2) is 4.79 Å². The smallest absolute Gasteiger partial charge is 0.274 e. The molecule has 0 aliphatic carbocycles. The maximum atomic E-state index is 10.7. The van der Waals surface area contributed by atoms with Crippen molar-refractivity contribution >= 4 is 12.0 Å². The van der Waals surface area contributed by atoms with Gasteiger partial charge in [-0.3, -0.25) is 4.79 Å². The van der Waals surface area contributed by atoms with Crippen LogP contribution in [0.2, 0.25) is 0 Å². The molecule has 62 valence electrons. The van der Waals surface area contributed by atoms with E-state index in [0.717, 1.165) is 4.68 Å². The van der Waals surface area contributed by atoms with Crippen LogP contribution < -0.4 is 11.3 Å².